The van der Waals surface area contributed by atoms with Crippen molar-refractivity contribution in [2.24, 2.45) is 4.99 Å². The molecule has 130 valence electrons. The van der Waals surface area contributed by atoms with Crippen LogP contribution in [0.25, 0.3) is 0 Å². The molecule has 0 amide bonds. The minimum Gasteiger partial charge on any atom is -0.459 e. The molecule has 2 unspecified atom stereocenters. The molecule has 0 aromatic heterocycles. The summed E-state index contributed by atoms with van der Waals surface area (Å²) in [5.41, 5.74) is -0.454. The quantitative estimate of drug-likeness (QED) is 0.303. The van der Waals surface area contributed by atoms with Crippen LogP contribution in [0.2, 0.25) is 0 Å². The Balaban J connectivity index is 0.00000441. The van der Waals surface area contributed by atoms with E-state index in [1.807, 2.05) is 32.5 Å². The Morgan fingerprint density at radius 1 is 1.36 bits per heavy atom. The molecule has 1 aliphatic carbocycles. The summed E-state index contributed by atoms with van der Waals surface area (Å²) in [6.07, 6.45) is 7.01. The molecule has 5 nitrogen and oxygen atoms in total. The number of guanidine groups is 1. The molecular weight excluding hydrogens is 413 g/mol. The molecule has 0 aromatic carbocycles. The Labute approximate surface area is 155 Å². The van der Waals surface area contributed by atoms with Crippen molar-refractivity contribution >= 4 is 47.7 Å². The number of halogens is 1. The number of nitrogens with one attached hydrogen (secondary N) is 2. The first-order chi connectivity index (χ1) is 9.84. The summed E-state index contributed by atoms with van der Waals surface area (Å²) in [7, 11) is 1.72. The molecule has 2 N–H and O–H groups in total. The van der Waals surface area contributed by atoms with Gasteiger partial charge in [-0.15, -0.1) is 24.0 Å². The van der Waals surface area contributed by atoms with Crippen LogP contribution in [0.15, 0.2) is 4.99 Å². The molecule has 7 heteroatoms. The normalized spacial score (nSPS) is 22.5. The second-order valence-corrected chi connectivity index (χ2v) is 7.52. The summed E-state index contributed by atoms with van der Waals surface area (Å²) in [5, 5.41) is 7.16. The van der Waals surface area contributed by atoms with E-state index in [4.69, 9.17) is 4.74 Å². The monoisotopic (exact) mass is 443 g/mol. The number of carbonyl (C=O) groups is 1. The van der Waals surface area contributed by atoms with Crippen molar-refractivity contribution in [3.05, 3.63) is 0 Å². The number of rotatable bonds is 4. The lowest BCUT2D eigenvalue weighted by atomic mass is 9.95. The van der Waals surface area contributed by atoms with Gasteiger partial charge in [-0.25, -0.2) is 0 Å². The smallest absolute Gasteiger partial charge is 0.325 e. The number of esters is 1. The maximum Gasteiger partial charge on any atom is 0.325 e. The predicted octanol–water partition coefficient (Wildman–Crippen LogP) is 2.79. The van der Waals surface area contributed by atoms with Gasteiger partial charge in [-0.2, -0.15) is 11.8 Å². The molecular formula is C15H30IN3O2S. The van der Waals surface area contributed by atoms with Gasteiger partial charge in [0.25, 0.3) is 0 Å². The lowest BCUT2D eigenvalue weighted by molar-refractivity contribution is -0.153. The average molecular weight is 443 g/mol. The summed E-state index contributed by atoms with van der Waals surface area (Å²) in [5.74, 6) is 0.406. The highest BCUT2D eigenvalue weighted by Gasteiger charge is 2.22. The van der Waals surface area contributed by atoms with Gasteiger partial charge in [-0.05, 0) is 46.3 Å². The Hall–Kier alpha value is -0.180. The van der Waals surface area contributed by atoms with E-state index in [9.17, 15) is 4.79 Å². The third kappa shape index (κ3) is 9.07. The van der Waals surface area contributed by atoms with Crippen molar-refractivity contribution in [3.63, 3.8) is 0 Å². The molecule has 0 aromatic rings. The van der Waals surface area contributed by atoms with E-state index in [1.165, 1.54) is 12.8 Å². The van der Waals surface area contributed by atoms with Gasteiger partial charge in [0.1, 0.15) is 12.1 Å². The molecule has 0 bridgehead atoms. The Morgan fingerprint density at radius 2 is 2.05 bits per heavy atom. The molecule has 1 saturated carbocycles. The van der Waals surface area contributed by atoms with Gasteiger partial charge in [0, 0.05) is 18.3 Å². The van der Waals surface area contributed by atoms with E-state index in [0.717, 1.165) is 18.1 Å². The first kappa shape index (κ1) is 21.8. The van der Waals surface area contributed by atoms with Crippen LogP contribution in [0.3, 0.4) is 0 Å². The van der Waals surface area contributed by atoms with Gasteiger partial charge in [0.2, 0.25) is 0 Å². The molecule has 1 aliphatic rings. The first-order valence-electron chi connectivity index (χ1n) is 7.56. The van der Waals surface area contributed by atoms with Crippen molar-refractivity contribution in [2.45, 2.75) is 63.3 Å². The average Bonchev–Trinajstić information content (AvgIpc) is 2.41. The van der Waals surface area contributed by atoms with Crippen LogP contribution in [0.1, 0.15) is 46.5 Å². The highest BCUT2D eigenvalue weighted by molar-refractivity contribution is 14.0. The molecule has 1 fully saturated rings. The van der Waals surface area contributed by atoms with E-state index in [1.54, 1.807) is 7.05 Å². The van der Waals surface area contributed by atoms with Crippen LogP contribution < -0.4 is 10.6 Å². The summed E-state index contributed by atoms with van der Waals surface area (Å²) in [6.45, 7) is 5.73. The van der Waals surface area contributed by atoms with E-state index in [2.05, 4.69) is 21.9 Å². The highest BCUT2D eigenvalue weighted by atomic mass is 127. The molecule has 22 heavy (non-hydrogen) atoms. The van der Waals surface area contributed by atoms with E-state index in [0.29, 0.717) is 12.0 Å². The summed E-state index contributed by atoms with van der Waals surface area (Å²) < 4.78 is 5.27. The van der Waals surface area contributed by atoms with Crippen LogP contribution in [0, 0.1) is 0 Å². The zero-order valence-corrected chi connectivity index (χ0v) is 17.4. The topological polar surface area (TPSA) is 62.7 Å². The molecule has 2 atom stereocenters. The summed E-state index contributed by atoms with van der Waals surface area (Å²) in [6, 6.07) is 0.432. The third-order valence-corrected chi connectivity index (χ3v) is 4.44. The predicted molar refractivity (Wildman–Crippen MR) is 105 cm³/mol. The number of hydrogen-bond donors (Lipinski definition) is 2. The van der Waals surface area contributed by atoms with E-state index in [-0.39, 0.29) is 36.5 Å². The van der Waals surface area contributed by atoms with Gasteiger partial charge in [-0.3, -0.25) is 9.79 Å². The van der Waals surface area contributed by atoms with Gasteiger partial charge >= 0.3 is 5.97 Å². The maximum absolute atomic E-state index is 11.7. The lowest BCUT2D eigenvalue weighted by Crippen LogP contribution is -2.47. The molecule has 0 radical (unpaired) electrons. The second-order valence-electron chi connectivity index (χ2n) is 6.38. The number of thioether (sulfide) groups is 1. The summed E-state index contributed by atoms with van der Waals surface area (Å²) >= 11 is 1.93. The zero-order chi connectivity index (χ0) is 15.9. The van der Waals surface area contributed by atoms with Crippen LogP contribution >= 0.6 is 35.7 Å². The molecule has 1 rings (SSSR count). The minimum absolute atomic E-state index is 0. The Morgan fingerprint density at radius 3 is 2.59 bits per heavy atom. The molecule has 0 heterocycles. The number of hydrogen-bond acceptors (Lipinski definition) is 4. The molecule has 0 spiro atoms. The minimum atomic E-state index is -0.454. The Bertz CT molecular complexity index is 372. The second kappa shape index (κ2) is 10.6. The number of ether oxygens (including phenoxy) is 1. The van der Waals surface area contributed by atoms with Crippen LogP contribution in [0.4, 0.5) is 0 Å². The maximum atomic E-state index is 11.7. The third-order valence-electron chi connectivity index (χ3n) is 3.34. The fraction of sp³-hybridized carbons (Fsp3) is 0.867. The standard InChI is InChI=1S/C15H29N3O2S.HI/c1-15(2,3)20-13(19)10-17-14(16-4)18-11-7-6-8-12(9-11)21-5;/h11-12H,6-10H2,1-5H3,(H2,16,17,18);1H. The summed E-state index contributed by atoms with van der Waals surface area (Å²) in [4.78, 5) is 15.9. The van der Waals surface area contributed by atoms with Crippen LogP contribution in [-0.2, 0) is 9.53 Å². The fourth-order valence-corrected chi connectivity index (χ4v) is 3.24. The zero-order valence-electron chi connectivity index (χ0n) is 14.3. The SMILES string of the molecule is CN=C(NCC(=O)OC(C)(C)C)NC1CCCC(SC)C1.I. The van der Waals surface area contributed by atoms with Gasteiger partial charge in [0.15, 0.2) is 5.96 Å². The van der Waals surface area contributed by atoms with Crippen molar-refractivity contribution < 1.29 is 9.53 Å². The van der Waals surface area contributed by atoms with Crippen LogP contribution in [-0.4, -0.2) is 48.7 Å². The van der Waals surface area contributed by atoms with Crippen molar-refractivity contribution in [3.8, 4) is 0 Å². The Kier molecular flexibility index (Phi) is 10.5. The van der Waals surface area contributed by atoms with Gasteiger partial charge < -0.3 is 15.4 Å². The van der Waals surface area contributed by atoms with Gasteiger partial charge in [0.05, 0.1) is 0 Å². The number of nitrogens with zero attached hydrogens (tertiary/aromatic N) is 1. The number of aliphatic imine (C=N–C) groups is 1. The van der Waals surface area contributed by atoms with Crippen LogP contribution in [0.5, 0.6) is 0 Å². The number of carbonyl (C=O) groups excluding carboxylic acids is 1. The van der Waals surface area contributed by atoms with Gasteiger partial charge in [-0.1, -0.05) is 6.42 Å². The molecule has 0 saturated heterocycles. The van der Waals surface area contributed by atoms with Crippen molar-refractivity contribution in [1.82, 2.24) is 10.6 Å². The van der Waals surface area contributed by atoms with E-state index < -0.39 is 5.60 Å². The fourth-order valence-electron chi connectivity index (χ4n) is 2.41. The largest absolute Gasteiger partial charge is 0.459 e. The van der Waals surface area contributed by atoms with E-state index >= 15 is 0 Å². The van der Waals surface area contributed by atoms with Crippen molar-refractivity contribution in [2.75, 3.05) is 19.8 Å². The highest BCUT2D eigenvalue weighted by Crippen LogP contribution is 2.26. The van der Waals surface area contributed by atoms with Crippen molar-refractivity contribution in [1.29, 1.82) is 0 Å². The molecule has 0 aliphatic heterocycles. The lowest BCUT2D eigenvalue weighted by Gasteiger charge is -2.29. The first-order valence-corrected chi connectivity index (χ1v) is 8.84.